The van der Waals surface area contributed by atoms with Crippen molar-refractivity contribution >= 4 is 21.4 Å². The summed E-state index contributed by atoms with van der Waals surface area (Å²) in [6.45, 7) is 4.27. The van der Waals surface area contributed by atoms with E-state index >= 15 is 0 Å². The summed E-state index contributed by atoms with van der Waals surface area (Å²) in [7, 11) is -2.09. The maximum Gasteiger partial charge on any atom is 0.243 e. The van der Waals surface area contributed by atoms with E-state index in [9.17, 15) is 8.42 Å². The van der Waals surface area contributed by atoms with Gasteiger partial charge in [0.25, 0.3) is 0 Å². The molecule has 1 aromatic carbocycles. The predicted molar refractivity (Wildman–Crippen MR) is 102 cm³/mol. The van der Waals surface area contributed by atoms with Crippen molar-refractivity contribution < 1.29 is 17.6 Å². The molecule has 26 heavy (non-hydrogen) atoms. The summed E-state index contributed by atoms with van der Waals surface area (Å²) < 4.78 is 38.6. The molecule has 3 rings (SSSR count). The van der Waals surface area contributed by atoms with Crippen molar-refractivity contribution in [3.63, 3.8) is 0 Å². The minimum absolute atomic E-state index is 0.251. The standard InChI is InChI=1S/C19H21NO4S2/c1-14-9-18(10-15(2)19(14)23-3)26(21,22)20(11-16-6-7-24-13-16)12-17-5-4-8-25-17/h4-10,13H,11-12H2,1-3H3. The van der Waals surface area contributed by atoms with Gasteiger partial charge in [-0.05, 0) is 54.6 Å². The van der Waals surface area contributed by atoms with Gasteiger partial charge in [0.2, 0.25) is 10.0 Å². The van der Waals surface area contributed by atoms with E-state index < -0.39 is 10.0 Å². The fraction of sp³-hybridized carbons (Fsp3) is 0.263. The maximum atomic E-state index is 13.3. The number of hydrogen-bond acceptors (Lipinski definition) is 5. The molecule has 0 saturated heterocycles. The largest absolute Gasteiger partial charge is 0.496 e. The van der Waals surface area contributed by atoms with Crippen molar-refractivity contribution in [3.05, 3.63) is 69.8 Å². The lowest BCUT2D eigenvalue weighted by atomic mass is 10.1. The van der Waals surface area contributed by atoms with Crippen molar-refractivity contribution in [2.75, 3.05) is 7.11 Å². The van der Waals surface area contributed by atoms with Crippen LogP contribution in [0, 0.1) is 13.8 Å². The predicted octanol–water partition coefficient (Wildman–Crippen LogP) is 4.36. The Kier molecular flexibility index (Phi) is 5.50. The molecule has 3 aromatic rings. The number of furan rings is 1. The molecule has 2 aromatic heterocycles. The number of aryl methyl sites for hydroxylation is 2. The molecule has 0 saturated carbocycles. The van der Waals surface area contributed by atoms with Gasteiger partial charge in [-0.1, -0.05) is 6.07 Å². The third-order valence-electron chi connectivity index (χ3n) is 4.13. The second kappa shape index (κ2) is 7.65. The van der Waals surface area contributed by atoms with Gasteiger partial charge < -0.3 is 9.15 Å². The van der Waals surface area contributed by atoms with Crippen LogP contribution in [0.3, 0.4) is 0 Å². The first-order chi connectivity index (χ1) is 12.4. The summed E-state index contributed by atoms with van der Waals surface area (Å²) in [6.07, 6.45) is 3.12. The molecule has 0 fully saturated rings. The van der Waals surface area contributed by atoms with Crippen molar-refractivity contribution in [3.8, 4) is 5.75 Å². The Bertz CT molecular complexity index is 902. The van der Waals surface area contributed by atoms with Gasteiger partial charge in [0.1, 0.15) is 5.75 Å². The molecule has 0 N–H and O–H groups in total. The number of hydrogen-bond donors (Lipinski definition) is 0. The Morgan fingerprint density at radius 3 is 2.42 bits per heavy atom. The molecule has 0 aliphatic rings. The summed E-state index contributed by atoms with van der Waals surface area (Å²) in [5.74, 6) is 0.712. The van der Waals surface area contributed by atoms with Gasteiger partial charge in [0.15, 0.2) is 0 Å². The van der Waals surface area contributed by atoms with E-state index in [1.807, 2.05) is 31.4 Å². The highest BCUT2D eigenvalue weighted by molar-refractivity contribution is 7.89. The second-order valence-electron chi connectivity index (χ2n) is 6.07. The molecule has 138 valence electrons. The zero-order valence-electron chi connectivity index (χ0n) is 14.9. The minimum Gasteiger partial charge on any atom is -0.496 e. The van der Waals surface area contributed by atoms with Crippen LogP contribution >= 0.6 is 11.3 Å². The van der Waals surface area contributed by atoms with E-state index in [1.165, 1.54) is 15.6 Å². The van der Waals surface area contributed by atoms with Crippen molar-refractivity contribution in [2.45, 2.75) is 31.8 Å². The average molecular weight is 392 g/mol. The summed E-state index contributed by atoms with van der Waals surface area (Å²) >= 11 is 1.54. The number of methoxy groups -OCH3 is 1. The van der Waals surface area contributed by atoms with E-state index in [1.54, 1.807) is 37.8 Å². The lowest BCUT2D eigenvalue weighted by Gasteiger charge is -2.22. The lowest BCUT2D eigenvalue weighted by molar-refractivity contribution is 0.400. The van der Waals surface area contributed by atoms with E-state index in [2.05, 4.69) is 0 Å². The number of sulfonamides is 1. The Morgan fingerprint density at radius 1 is 1.15 bits per heavy atom. The summed E-state index contributed by atoms with van der Waals surface area (Å²) in [5.41, 5.74) is 2.41. The van der Waals surface area contributed by atoms with Gasteiger partial charge in [-0.15, -0.1) is 11.3 Å². The quantitative estimate of drug-likeness (QED) is 0.600. The van der Waals surface area contributed by atoms with E-state index in [-0.39, 0.29) is 11.4 Å². The molecule has 5 nitrogen and oxygen atoms in total. The molecule has 2 heterocycles. The van der Waals surface area contributed by atoms with Crippen molar-refractivity contribution in [1.82, 2.24) is 4.31 Å². The first-order valence-corrected chi connectivity index (χ1v) is 10.4. The maximum absolute atomic E-state index is 13.3. The van der Waals surface area contributed by atoms with E-state index in [4.69, 9.17) is 9.15 Å². The van der Waals surface area contributed by atoms with Gasteiger partial charge in [0.05, 0.1) is 24.5 Å². The Balaban J connectivity index is 2.00. The normalized spacial score (nSPS) is 11.8. The molecular formula is C19H21NO4S2. The Hall–Kier alpha value is -2.09. The number of thiophene rings is 1. The van der Waals surface area contributed by atoms with Crippen LogP contribution in [0.25, 0.3) is 0 Å². The Labute approximate surface area is 157 Å². The van der Waals surface area contributed by atoms with Gasteiger partial charge in [0, 0.05) is 23.5 Å². The SMILES string of the molecule is COc1c(C)cc(S(=O)(=O)N(Cc2ccoc2)Cc2cccs2)cc1C. The topological polar surface area (TPSA) is 59.8 Å². The molecule has 0 radical (unpaired) electrons. The summed E-state index contributed by atoms with van der Waals surface area (Å²) in [5, 5.41) is 1.94. The highest BCUT2D eigenvalue weighted by Gasteiger charge is 2.27. The van der Waals surface area contributed by atoms with Crippen LogP contribution in [0.1, 0.15) is 21.6 Å². The highest BCUT2D eigenvalue weighted by Crippen LogP contribution is 2.29. The highest BCUT2D eigenvalue weighted by atomic mass is 32.2. The van der Waals surface area contributed by atoms with Gasteiger partial charge in [-0.3, -0.25) is 0 Å². The molecule has 0 spiro atoms. The van der Waals surface area contributed by atoms with Crippen molar-refractivity contribution in [2.24, 2.45) is 0 Å². The third kappa shape index (κ3) is 3.85. The monoisotopic (exact) mass is 391 g/mol. The molecule has 0 aliphatic carbocycles. The smallest absolute Gasteiger partial charge is 0.243 e. The van der Waals surface area contributed by atoms with Crippen LogP contribution in [0.2, 0.25) is 0 Å². The fourth-order valence-corrected chi connectivity index (χ4v) is 5.30. The first kappa shape index (κ1) is 18.7. The zero-order chi connectivity index (χ0) is 18.7. The number of benzene rings is 1. The van der Waals surface area contributed by atoms with Crippen LogP contribution in [-0.4, -0.2) is 19.8 Å². The lowest BCUT2D eigenvalue weighted by Crippen LogP contribution is -2.30. The number of rotatable bonds is 7. The molecule has 0 atom stereocenters. The molecule has 0 bridgehead atoms. The molecule has 0 aliphatic heterocycles. The summed E-state index contributed by atoms with van der Waals surface area (Å²) in [6, 6.07) is 8.97. The zero-order valence-corrected chi connectivity index (χ0v) is 16.6. The second-order valence-corrected chi connectivity index (χ2v) is 9.04. The fourth-order valence-electron chi connectivity index (χ4n) is 2.92. The van der Waals surface area contributed by atoms with Crippen molar-refractivity contribution in [1.29, 1.82) is 0 Å². The van der Waals surface area contributed by atoms with Gasteiger partial charge in [-0.2, -0.15) is 4.31 Å². The molecule has 0 amide bonds. The van der Waals surface area contributed by atoms with Crippen LogP contribution < -0.4 is 4.74 Å². The minimum atomic E-state index is -3.68. The van der Waals surface area contributed by atoms with Crippen LogP contribution in [-0.2, 0) is 23.1 Å². The average Bonchev–Trinajstić information content (AvgIpc) is 3.27. The van der Waals surface area contributed by atoms with E-state index in [0.717, 1.165) is 21.6 Å². The van der Waals surface area contributed by atoms with Gasteiger partial charge >= 0.3 is 0 Å². The molecule has 0 unspecified atom stereocenters. The molecule has 7 heteroatoms. The van der Waals surface area contributed by atoms with Crippen LogP contribution in [0.15, 0.2) is 57.6 Å². The Morgan fingerprint density at radius 2 is 1.88 bits per heavy atom. The van der Waals surface area contributed by atoms with E-state index in [0.29, 0.717) is 12.3 Å². The van der Waals surface area contributed by atoms with Crippen LogP contribution in [0.5, 0.6) is 5.75 Å². The van der Waals surface area contributed by atoms with Gasteiger partial charge in [-0.25, -0.2) is 8.42 Å². The number of nitrogens with zero attached hydrogens (tertiary/aromatic N) is 1. The number of ether oxygens (including phenoxy) is 1. The third-order valence-corrected chi connectivity index (χ3v) is 6.76. The molecular weight excluding hydrogens is 370 g/mol. The van der Waals surface area contributed by atoms with Crippen LogP contribution in [0.4, 0.5) is 0 Å². The first-order valence-electron chi connectivity index (χ1n) is 8.10. The summed E-state index contributed by atoms with van der Waals surface area (Å²) in [4.78, 5) is 1.26.